The molecule has 0 saturated carbocycles. The Hall–Kier alpha value is -1.92. The summed E-state index contributed by atoms with van der Waals surface area (Å²) >= 11 is 6.16. The second-order valence-corrected chi connectivity index (χ2v) is 6.61. The lowest BCUT2D eigenvalue weighted by atomic mass is 9.90. The van der Waals surface area contributed by atoms with Gasteiger partial charge in [-0.05, 0) is 30.9 Å². The van der Waals surface area contributed by atoms with E-state index in [1.54, 1.807) is 17.7 Å². The number of nitrogens with one attached hydrogen (secondary N) is 1. The molecule has 2 N–H and O–H groups in total. The van der Waals surface area contributed by atoms with Crippen LogP contribution in [0.25, 0.3) is 5.69 Å². The Morgan fingerprint density at radius 2 is 2.09 bits per heavy atom. The molecule has 1 heterocycles. The first-order valence-corrected chi connectivity index (χ1v) is 7.80. The molecule has 0 aliphatic carbocycles. The minimum atomic E-state index is -0.285. The fraction of sp³-hybridized carbons (Fsp3) is 0.438. The first kappa shape index (κ1) is 17.4. The maximum atomic E-state index is 12.3. The second kappa shape index (κ2) is 7.10. The molecule has 2 aromatic rings. The van der Waals surface area contributed by atoms with Crippen LogP contribution in [-0.4, -0.2) is 39.2 Å². The van der Waals surface area contributed by atoms with E-state index < -0.39 is 0 Å². The molecular formula is C16H21ClN4O2. The van der Waals surface area contributed by atoms with Gasteiger partial charge in [-0.1, -0.05) is 42.8 Å². The largest absolute Gasteiger partial charge is 0.396 e. The van der Waals surface area contributed by atoms with Crippen LogP contribution in [0.2, 0.25) is 5.02 Å². The number of aliphatic hydroxyl groups excluding tert-OH is 1. The predicted octanol–water partition coefficient (Wildman–Crippen LogP) is 2.37. The lowest BCUT2D eigenvalue weighted by molar-refractivity contribution is 0.0922. The molecule has 124 valence electrons. The molecule has 0 bridgehead atoms. The molecule has 0 atom stereocenters. The summed E-state index contributed by atoms with van der Waals surface area (Å²) in [7, 11) is 0. The molecule has 6 nitrogen and oxygen atoms in total. The second-order valence-electron chi connectivity index (χ2n) is 6.21. The zero-order valence-electron chi connectivity index (χ0n) is 13.5. The Kier molecular flexibility index (Phi) is 5.38. The minimum Gasteiger partial charge on any atom is -0.396 e. The quantitative estimate of drug-likeness (QED) is 0.848. The van der Waals surface area contributed by atoms with Crippen LogP contribution in [0.15, 0.2) is 24.3 Å². The number of nitrogens with zero attached hydrogens (tertiary/aromatic N) is 3. The first-order chi connectivity index (χ1) is 10.9. The van der Waals surface area contributed by atoms with Crippen LogP contribution in [0.4, 0.5) is 0 Å². The molecule has 0 unspecified atom stereocenters. The molecule has 7 heteroatoms. The molecule has 0 aliphatic rings. The van der Waals surface area contributed by atoms with Crippen LogP contribution < -0.4 is 5.32 Å². The van der Waals surface area contributed by atoms with Crippen molar-refractivity contribution in [2.45, 2.75) is 27.2 Å². The molecule has 0 radical (unpaired) electrons. The highest BCUT2D eigenvalue weighted by atomic mass is 35.5. The van der Waals surface area contributed by atoms with Crippen molar-refractivity contribution in [2.24, 2.45) is 5.41 Å². The number of hydrogen-bond acceptors (Lipinski definition) is 4. The van der Waals surface area contributed by atoms with Gasteiger partial charge in [0.2, 0.25) is 0 Å². The van der Waals surface area contributed by atoms with Crippen molar-refractivity contribution in [2.75, 3.05) is 13.2 Å². The van der Waals surface area contributed by atoms with Gasteiger partial charge in [-0.2, -0.15) is 0 Å². The van der Waals surface area contributed by atoms with Crippen LogP contribution in [0.3, 0.4) is 0 Å². The van der Waals surface area contributed by atoms with Gasteiger partial charge in [0.25, 0.3) is 5.91 Å². The SMILES string of the molecule is Cc1c(C(=O)NCC(C)(C)CCO)nnn1-c1ccccc1Cl. The molecule has 23 heavy (non-hydrogen) atoms. The van der Waals surface area contributed by atoms with Crippen molar-refractivity contribution in [1.82, 2.24) is 20.3 Å². The van der Waals surface area contributed by atoms with E-state index in [0.717, 1.165) is 0 Å². The average Bonchev–Trinajstić information content (AvgIpc) is 2.87. The smallest absolute Gasteiger partial charge is 0.273 e. The highest BCUT2D eigenvalue weighted by molar-refractivity contribution is 6.32. The summed E-state index contributed by atoms with van der Waals surface area (Å²) < 4.78 is 1.55. The number of aliphatic hydroxyl groups is 1. The zero-order valence-corrected chi connectivity index (χ0v) is 14.3. The summed E-state index contributed by atoms with van der Waals surface area (Å²) in [5, 5.41) is 20.4. The lowest BCUT2D eigenvalue weighted by Crippen LogP contribution is -2.35. The highest BCUT2D eigenvalue weighted by Gasteiger charge is 2.22. The predicted molar refractivity (Wildman–Crippen MR) is 88.9 cm³/mol. The number of carbonyl (C=O) groups excluding carboxylic acids is 1. The topological polar surface area (TPSA) is 80.0 Å². The van der Waals surface area contributed by atoms with Crippen molar-refractivity contribution in [1.29, 1.82) is 0 Å². The number of rotatable bonds is 6. The van der Waals surface area contributed by atoms with Crippen LogP contribution in [0.5, 0.6) is 0 Å². The van der Waals surface area contributed by atoms with Crippen LogP contribution in [0, 0.1) is 12.3 Å². The molecule has 0 spiro atoms. The average molecular weight is 337 g/mol. The van der Waals surface area contributed by atoms with Gasteiger partial charge >= 0.3 is 0 Å². The molecule has 1 amide bonds. The Bertz CT molecular complexity index is 697. The minimum absolute atomic E-state index is 0.0879. The Labute approximate surface area is 140 Å². The fourth-order valence-electron chi connectivity index (χ4n) is 2.19. The first-order valence-electron chi connectivity index (χ1n) is 7.42. The van der Waals surface area contributed by atoms with Gasteiger partial charge in [0.05, 0.1) is 16.4 Å². The number of benzene rings is 1. The van der Waals surface area contributed by atoms with E-state index in [1.165, 1.54) is 0 Å². The molecule has 0 fully saturated rings. The van der Waals surface area contributed by atoms with Gasteiger partial charge < -0.3 is 10.4 Å². The van der Waals surface area contributed by atoms with Gasteiger partial charge in [0.15, 0.2) is 5.69 Å². The van der Waals surface area contributed by atoms with E-state index >= 15 is 0 Å². The van der Waals surface area contributed by atoms with Gasteiger partial charge in [0.1, 0.15) is 0 Å². The summed E-state index contributed by atoms with van der Waals surface area (Å²) in [6.07, 6.45) is 0.610. The molecular weight excluding hydrogens is 316 g/mol. The summed E-state index contributed by atoms with van der Waals surface area (Å²) in [4.78, 5) is 12.3. The molecule has 0 aliphatic heterocycles. The fourth-order valence-corrected chi connectivity index (χ4v) is 2.40. The molecule has 1 aromatic carbocycles. The van der Waals surface area contributed by atoms with Gasteiger partial charge in [-0.15, -0.1) is 5.10 Å². The zero-order chi connectivity index (χ0) is 17.0. The van der Waals surface area contributed by atoms with Crippen LogP contribution >= 0.6 is 11.6 Å². The molecule has 2 rings (SSSR count). The maximum absolute atomic E-state index is 12.3. The highest BCUT2D eigenvalue weighted by Crippen LogP contribution is 2.21. The lowest BCUT2D eigenvalue weighted by Gasteiger charge is -2.23. The standard InChI is InChI=1S/C16H21ClN4O2/c1-11-14(15(23)18-10-16(2,3)8-9-22)19-20-21(11)13-7-5-4-6-12(13)17/h4-7,22H,8-10H2,1-3H3,(H,18,23). The van der Waals surface area contributed by atoms with E-state index in [0.29, 0.717) is 29.4 Å². The summed E-state index contributed by atoms with van der Waals surface area (Å²) in [6, 6.07) is 7.25. The number of hydrogen-bond donors (Lipinski definition) is 2. The van der Waals surface area contributed by atoms with Crippen molar-refractivity contribution in [3.05, 3.63) is 40.7 Å². The van der Waals surface area contributed by atoms with Gasteiger partial charge in [0, 0.05) is 13.2 Å². The molecule has 1 aromatic heterocycles. The number of amides is 1. The number of para-hydroxylation sites is 1. The summed E-state index contributed by atoms with van der Waals surface area (Å²) in [6.45, 7) is 6.28. The van der Waals surface area contributed by atoms with Gasteiger partial charge in [-0.25, -0.2) is 4.68 Å². The summed E-state index contributed by atoms with van der Waals surface area (Å²) in [5.41, 5.74) is 1.39. The van der Waals surface area contributed by atoms with Crippen molar-refractivity contribution in [3.63, 3.8) is 0 Å². The normalized spacial score (nSPS) is 11.5. The Morgan fingerprint density at radius 3 is 2.74 bits per heavy atom. The number of halogens is 1. The van der Waals surface area contributed by atoms with E-state index in [9.17, 15) is 4.79 Å². The maximum Gasteiger partial charge on any atom is 0.273 e. The molecule has 0 saturated heterocycles. The number of aromatic nitrogens is 3. The third-order valence-corrected chi connectivity index (χ3v) is 4.03. The monoisotopic (exact) mass is 336 g/mol. The van der Waals surface area contributed by atoms with Crippen molar-refractivity contribution in [3.8, 4) is 5.69 Å². The van der Waals surface area contributed by atoms with Crippen molar-refractivity contribution >= 4 is 17.5 Å². The Morgan fingerprint density at radius 1 is 1.39 bits per heavy atom. The van der Waals surface area contributed by atoms with Gasteiger partial charge in [-0.3, -0.25) is 4.79 Å². The Balaban J connectivity index is 2.16. The van der Waals surface area contributed by atoms with E-state index in [2.05, 4.69) is 15.6 Å². The number of carbonyl (C=O) groups is 1. The third kappa shape index (κ3) is 4.09. The van der Waals surface area contributed by atoms with E-state index in [1.807, 2.05) is 32.0 Å². The summed E-state index contributed by atoms with van der Waals surface area (Å²) in [5.74, 6) is -0.285. The van der Waals surface area contributed by atoms with E-state index in [4.69, 9.17) is 16.7 Å². The third-order valence-electron chi connectivity index (χ3n) is 3.71. The van der Waals surface area contributed by atoms with Crippen LogP contribution in [0.1, 0.15) is 36.5 Å². The van der Waals surface area contributed by atoms with Crippen molar-refractivity contribution < 1.29 is 9.90 Å². The van der Waals surface area contributed by atoms with E-state index in [-0.39, 0.29) is 23.6 Å². The van der Waals surface area contributed by atoms with Crippen LogP contribution in [-0.2, 0) is 0 Å².